The third kappa shape index (κ3) is 4.73. The number of hydrogen-bond donors (Lipinski definition) is 2. The number of para-hydroxylation sites is 1. The average Bonchev–Trinajstić information content (AvgIpc) is 2.35. The predicted octanol–water partition coefficient (Wildman–Crippen LogP) is 3.17. The fourth-order valence-corrected chi connectivity index (χ4v) is 3.03. The van der Waals surface area contributed by atoms with Gasteiger partial charge in [-0.1, -0.05) is 12.1 Å². The van der Waals surface area contributed by atoms with Crippen molar-refractivity contribution in [1.29, 1.82) is 0 Å². The molecule has 0 spiro atoms. The number of aliphatic carboxylic acids is 1. The number of hydrogen-bond acceptors (Lipinski definition) is 4. The number of likely N-dealkylation sites (tertiary alicyclic amines) is 1. The molecule has 6 nitrogen and oxygen atoms in total. The SMILES string of the molecule is CC(C)(C)OC(=O)N1CC(CC(=O)O)(Nc2ccccc2I)C1. The van der Waals surface area contributed by atoms with Crippen LogP contribution in [0.5, 0.6) is 0 Å². The van der Waals surface area contributed by atoms with Crippen LogP contribution in [-0.4, -0.2) is 46.3 Å². The highest BCUT2D eigenvalue weighted by Gasteiger charge is 2.48. The summed E-state index contributed by atoms with van der Waals surface area (Å²) in [6.07, 6.45) is -0.472. The Bertz CT molecular complexity index is 606. The maximum absolute atomic E-state index is 12.1. The molecule has 126 valence electrons. The van der Waals surface area contributed by atoms with Gasteiger partial charge in [0.25, 0.3) is 0 Å². The van der Waals surface area contributed by atoms with Crippen LogP contribution in [0.3, 0.4) is 0 Å². The van der Waals surface area contributed by atoms with Crippen LogP contribution in [0, 0.1) is 3.57 Å². The summed E-state index contributed by atoms with van der Waals surface area (Å²) in [5.74, 6) is -0.896. The van der Waals surface area contributed by atoms with Gasteiger partial charge in [0.05, 0.1) is 12.0 Å². The van der Waals surface area contributed by atoms with Crippen LogP contribution < -0.4 is 5.32 Å². The highest BCUT2D eigenvalue weighted by Crippen LogP contribution is 2.32. The van der Waals surface area contributed by atoms with Gasteiger partial charge in [-0.15, -0.1) is 0 Å². The largest absolute Gasteiger partial charge is 0.481 e. The lowest BCUT2D eigenvalue weighted by molar-refractivity contribution is -0.139. The van der Waals surface area contributed by atoms with E-state index in [1.165, 1.54) is 4.90 Å². The molecule has 0 atom stereocenters. The molecule has 1 amide bonds. The zero-order valence-corrected chi connectivity index (χ0v) is 15.6. The molecule has 1 aliphatic heterocycles. The summed E-state index contributed by atoms with van der Waals surface area (Å²) in [7, 11) is 0. The number of benzene rings is 1. The van der Waals surface area contributed by atoms with Gasteiger partial charge in [-0.05, 0) is 55.5 Å². The number of anilines is 1. The van der Waals surface area contributed by atoms with Crippen molar-refractivity contribution in [1.82, 2.24) is 4.90 Å². The lowest BCUT2D eigenvalue weighted by Crippen LogP contribution is -2.68. The first kappa shape index (κ1) is 17.8. The molecule has 2 rings (SSSR count). The molecule has 1 aliphatic rings. The van der Waals surface area contributed by atoms with Gasteiger partial charge in [0, 0.05) is 22.3 Å². The fourth-order valence-electron chi connectivity index (χ4n) is 2.51. The molecule has 7 heteroatoms. The van der Waals surface area contributed by atoms with Crippen molar-refractivity contribution in [3.05, 3.63) is 27.8 Å². The van der Waals surface area contributed by atoms with Crippen molar-refractivity contribution >= 4 is 40.3 Å². The first-order chi connectivity index (χ1) is 10.6. The van der Waals surface area contributed by atoms with Crippen LogP contribution in [0.4, 0.5) is 10.5 Å². The summed E-state index contributed by atoms with van der Waals surface area (Å²) in [5, 5.41) is 12.5. The highest BCUT2D eigenvalue weighted by atomic mass is 127. The lowest BCUT2D eigenvalue weighted by atomic mass is 9.86. The summed E-state index contributed by atoms with van der Waals surface area (Å²) in [4.78, 5) is 24.8. The highest BCUT2D eigenvalue weighted by molar-refractivity contribution is 14.1. The minimum absolute atomic E-state index is 0.0583. The minimum Gasteiger partial charge on any atom is -0.481 e. The van der Waals surface area contributed by atoms with E-state index < -0.39 is 23.2 Å². The number of halogens is 1. The number of carbonyl (C=O) groups is 2. The van der Waals surface area contributed by atoms with Crippen LogP contribution in [0.25, 0.3) is 0 Å². The van der Waals surface area contributed by atoms with E-state index in [1.807, 2.05) is 24.3 Å². The van der Waals surface area contributed by atoms with E-state index in [1.54, 1.807) is 20.8 Å². The fraction of sp³-hybridized carbons (Fsp3) is 0.500. The molecular weight excluding hydrogens is 411 g/mol. The Labute approximate surface area is 149 Å². The molecule has 0 bridgehead atoms. The van der Waals surface area contributed by atoms with Gasteiger partial charge in [0.15, 0.2) is 0 Å². The van der Waals surface area contributed by atoms with Crippen LogP contribution in [0.1, 0.15) is 27.2 Å². The number of amides is 1. The van der Waals surface area contributed by atoms with Gasteiger partial charge in [-0.2, -0.15) is 0 Å². The van der Waals surface area contributed by atoms with Crippen LogP contribution in [0.2, 0.25) is 0 Å². The Morgan fingerprint density at radius 1 is 1.35 bits per heavy atom. The number of carbonyl (C=O) groups excluding carboxylic acids is 1. The number of carboxylic acid groups (broad SMARTS) is 1. The third-order valence-corrected chi connectivity index (χ3v) is 4.34. The van der Waals surface area contributed by atoms with Crippen molar-refractivity contribution in [3.8, 4) is 0 Å². The van der Waals surface area contributed by atoms with E-state index in [0.717, 1.165) is 9.26 Å². The van der Waals surface area contributed by atoms with E-state index >= 15 is 0 Å². The zero-order chi connectivity index (χ0) is 17.3. The topological polar surface area (TPSA) is 78.9 Å². The molecule has 0 saturated carbocycles. The first-order valence-electron chi connectivity index (χ1n) is 7.33. The number of nitrogens with zero attached hydrogens (tertiary/aromatic N) is 1. The Morgan fingerprint density at radius 3 is 2.48 bits per heavy atom. The average molecular weight is 432 g/mol. The van der Waals surface area contributed by atoms with Gasteiger partial charge >= 0.3 is 12.1 Å². The van der Waals surface area contributed by atoms with Crippen molar-refractivity contribution in [2.75, 3.05) is 18.4 Å². The predicted molar refractivity (Wildman–Crippen MR) is 95.6 cm³/mol. The Hall–Kier alpha value is -1.51. The molecule has 1 heterocycles. The van der Waals surface area contributed by atoms with E-state index in [0.29, 0.717) is 13.1 Å². The van der Waals surface area contributed by atoms with Crippen molar-refractivity contribution in [2.45, 2.75) is 38.3 Å². The molecule has 23 heavy (non-hydrogen) atoms. The molecule has 0 unspecified atom stereocenters. The number of nitrogens with one attached hydrogen (secondary N) is 1. The molecule has 1 aromatic carbocycles. The molecule has 0 aliphatic carbocycles. The van der Waals surface area contributed by atoms with E-state index in [-0.39, 0.29) is 6.42 Å². The zero-order valence-electron chi connectivity index (χ0n) is 13.4. The summed E-state index contributed by atoms with van der Waals surface area (Å²) in [5.41, 5.74) is -0.354. The lowest BCUT2D eigenvalue weighted by Gasteiger charge is -2.50. The smallest absolute Gasteiger partial charge is 0.410 e. The molecule has 0 aromatic heterocycles. The number of rotatable bonds is 4. The maximum atomic E-state index is 12.1. The van der Waals surface area contributed by atoms with Crippen LogP contribution >= 0.6 is 22.6 Å². The van der Waals surface area contributed by atoms with Crippen LogP contribution in [-0.2, 0) is 9.53 Å². The van der Waals surface area contributed by atoms with Crippen molar-refractivity contribution in [3.63, 3.8) is 0 Å². The first-order valence-corrected chi connectivity index (χ1v) is 8.41. The van der Waals surface area contributed by atoms with E-state index in [4.69, 9.17) is 4.74 Å². The maximum Gasteiger partial charge on any atom is 0.410 e. The third-order valence-electron chi connectivity index (χ3n) is 3.40. The Kier molecular flexibility index (Phi) is 5.07. The van der Waals surface area contributed by atoms with Gasteiger partial charge in [-0.3, -0.25) is 4.79 Å². The van der Waals surface area contributed by atoms with Gasteiger partial charge in [-0.25, -0.2) is 4.79 Å². The molecule has 0 radical (unpaired) electrons. The molecular formula is C16H21IN2O4. The van der Waals surface area contributed by atoms with Gasteiger partial charge in [0.1, 0.15) is 5.60 Å². The summed E-state index contributed by atoms with van der Waals surface area (Å²) in [6.45, 7) is 6.03. The molecule has 1 fully saturated rings. The number of ether oxygens (including phenoxy) is 1. The van der Waals surface area contributed by atoms with Gasteiger partial charge in [0.2, 0.25) is 0 Å². The van der Waals surface area contributed by atoms with Gasteiger partial charge < -0.3 is 20.1 Å². The second kappa shape index (κ2) is 6.54. The summed E-state index contributed by atoms with van der Waals surface area (Å²) in [6, 6.07) is 7.66. The normalized spacial score (nSPS) is 16.4. The molecule has 2 N–H and O–H groups in total. The van der Waals surface area contributed by atoms with E-state index in [9.17, 15) is 14.7 Å². The van der Waals surface area contributed by atoms with Crippen molar-refractivity contribution < 1.29 is 19.4 Å². The van der Waals surface area contributed by atoms with Crippen LogP contribution in [0.15, 0.2) is 24.3 Å². The standard InChI is InChI=1S/C16H21IN2O4/c1-15(2,3)23-14(22)19-9-16(10-19,8-13(20)21)18-12-7-5-4-6-11(12)17/h4-7,18H,8-10H2,1-3H3,(H,20,21). The number of carboxylic acids is 1. The Balaban J connectivity index is 2.08. The summed E-state index contributed by atoms with van der Waals surface area (Å²) < 4.78 is 6.33. The minimum atomic E-state index is -0.896. The summed E-state index contributed by atoms with van der Waals surface area (Å²) >= 11 is 2.20. The Morgan fingerprint density at radius 2 is 1.96 bits per heavy atom. The molecule has 1 aromatic rings. The molecule has 1 saturated heterocycles. The quantitative estimate of drug-likeness (QED) is 0.715. The monoisotopic (exact) mass is 432 g/mol. The van der Waals surface area contributed by atoms with E-state index in [2.05, 4.69) is 27.9 Å². The second-order valence-corrected chi connectivity index (χ2v) is 7.95. The van der Waals surface area contributed by atoms with Crippen molar-refractivity contribution in [2.24, 2.45) is 0 Å². The second-order valence-electron chi connectivity index (χ2n) is 6.79.